The van der Waals surface area contributed by atoms with Crippen molar-refractivity contribution in [1.82, 2.24) is 25.7 Å². The fourth-order valence-electron chi connectivity index (χ4n) is 3.23. The molecular weight excluding hydrogens is 521 g/mol. The zero-order valence-corrected chi connectivity index (χ0v) is 19.9. The van der Waals surface area contributed by atoms with Gasteiger partial charge in [0.1, 0.15) is 0 Å². The summed E-state index contributed by atoms with van der Waals surface area (Å²) in [6.07, 6.45) is 2.44. The molecule has 1 aliphatic rings. The molecule has 1 aromatic heterocycles. The lowest BCUT2D eigenvalue weighted by molar-refractivity contribution is -0.119. The number of amides is 1. The van der Waals surface area contributed by atoms with E-state index in [4.69, 9.17) is 21.9 Å². The zero-order valence-electron chi connectivity index (χ0n) is 16.8. The van der Waals surface area contributed by atoms with Crippen molar-refractivity contribution < 1.29 is 9.32 Å². The van der Waals surface area contributed by atoms with Crippen LogP contribution in [-0.2, 0) is 11.2 Å². The number of hydrogen-bond donors (Lipinski definition) is 3. The van der Waals surface area contributed by atoms with Crippen molar-refractivity contribution in [1.29, 1.82) is 0 Å². The molecule has 2 heterocycles. The van der Waals surface area contributed by atoms with Crippen molar-refractivity contribution in [2.24, 2.45) is 10.7 Å². The molecule has 3 rings (SSSR count). The molecule has 9 nitrogen and oxygen atoms in total. The summed E-state index contributed by atoms with van der Waals surface area (Å²) >= 11 is 6.01. The normalized spacial score (nSPS) is 15.5. The van der Waals surface area contributed by atoms with Crippen LogP contribution in [0.25, 0.3) is 11.4 Å². The maximum absolute atomic E-state index is 11.0. The van der Waals surface area contributed by atoms with Gasteiger partial charge in [-0.15, -0.1) is 24.0 Å². The van der Waals surface area contributed by atoms with Gasteiger partial charge in [-0.1, -0.05) is 28.9 Å². The van der Waals surface area contributed by atoms with Gasteiger partial charge in [-0.2, -0.15) is 4.98 Å². The highest BCUT2D eigenvalue weighted by atomic mass is 127. The molecular formula is C19H27ClIN7O2. The first-order valence-electron chi connectivity index (χ1n) is 9.60. The minimum atomic E-state index is -0.284. The van der Waals surface area contributed by atoms with Crippen molar-refractivity contribution in [3.63, 3.8) is 0 Å². The maximum atomic E-state index is 11.0. The van der Waals surface area contributed by atoms with Crippen LogP contribution in [0.15, 0.2) is 33.8 Å². The van der Waals surface area contributed by atoms with Gasteiger partial charge < -0.3 is 20.9 Å². The van der Waals surface area contributed by atoms with Crippen LogP contribution in [0.4, 0.5) is 0 Å². The third kappa shape index (κ3) is 7.40. The van der Waals surface area contributed by atoms with Crippen molar-refractivity contribution in [3.05, 3.63) is 35.2 Å². The Morgan fingerprint density at radius 2 is 2.17 bits per heavy atom. The molecule has 0 saturated carbocycles. The SMILES string of the molecule is CN=C(NCCc1nc(-c2cccc(Cl)c2)no1)NC1CCN(CC(N)=O)CC1.I. The van der Waals surface area contributed by atoms with Gasteiger partial charge in [0, 0.05) is 49.7 Å². The Morgan fingerprint density at radius 3 is 2.83 bits per heavy atom. The smallest absolute Gasteiger partial charge is 0.231 e. The van der Waals surface area contributed by atoms with Crippen LogP contribution in [0.1, 0.15) is 18.7 Å². The summed E-state index contributed by atoms with van der Waals surface area (Å²) in [5, 5.41) is 11.3. The summed E-state index contributed by atoms with van der Waals surface area (Å²) in [6.45, 7) is 2.61. The van der Waals surface area contributed by atoms with Gasteiger partial charge in [0.2, 0.25) is 17.6 Å². The predicted octanol–water partition coefficient (Wildman–Crippen LogP) is 1.67. The van der Waals surface area contributed by atoms with E-state index in [9.17, 15) is 4.79 Å². The third-order valence-electron chi connectivity index (χ3n) is 4.71. The minimum absolute atomic E-state index is 0. The molecule has 0 bridgehead atoms. The first-order valence-corrected chi connectivity index (χ1v) is 9.97. The van der Waals surface area contributed by atoms with Gasteiger partial charge in [-0.05, 0) is 25.0 Å². The maximum Gasteiger partial charge on any atom is 0.231 e. The van der Waals surface area contributed by atoms with Crippen LogP contribution in [0.3, 0.4) is 0 Å². The fourth-order valence-corrected chi connectivity index (χ4v) is 3.42. The van der Waals surface area contributed by atoms with Crippen LogP contribution in [-0.4, -0.2) is 66.2 Å². The lowest BCUT2D eigenvalue weighted by atomic mass is 10.1. The lowest BCUT2D eigenvalue weighted by Gasteiger charge is -2.32. The van der Waals surface area contributed by atoms with E-state index < -0.39 is 0 Å². The van der Waals surface area contributed by atoms with Crippen molar-refractivity contribution >= 4 is 47.4 Å². The number of nitrogens with zero attached hydrogens (tertiary/aromatic N) is 4. The summed E-state index contributed by atoms with van der Waals surface area (Å²) in [5.41, 5.74) is 6.08. The van der Waals surface area contributed by atoms with E-state index in [0.29, 0.717) is 42.3 Å². The van der Waals surface area contributed by atoms with Gasteiger partial charge in [0.15, 0.2) is 5.96 Å². The molecule has 0 spiro atoms. The van der Waals surface area contributed by atoms with E-state index in [-0.39, 0.29) is 29.9 Å². The Labute approximate surface area is 197 Å². The molecule has 11 heteroatoms. The molecule has 4 N–H and O–H groups in total. The van der Waals surface area contributed by atoms with Gasteiger partial charge in [-0.3, -0.25) is 14.7 Å². The summed E-state index contributed by atoms with van der Waals surface area (Å²) in [4.78, 5) is 21.8. The van der Waals surface area contributed by atoms with Crippen LogP contribution in [0.5, 0.6) is 0 Å². The fraction of sp³-hybridized carbons (Fsp3) is 0.474. The Hall–Kier alpha value is -1.92. The van der Waals surface area contributed by atoms with Crippen molar-refractivity contribution in [2.45, 2.75) is 25.3 Å². The van der Waals surface area contributed by atoms with Gasteiger partial charge in [-0.25, -0.2) is 0 Å². The molecule has 1 saturated heterocycles. The van der Waals surface area contributed by atoms with E-state index in [1.54, 1.807) is 19.2 Å². The number of hydrogen-bond acceptors (Lipinski definition) is 6. The Bertz CT molecular complexity index is 853. The molecule has 0 aliphatic carbocycles. The topological polar surface area (TPSA) is 122 Å². The second kappa shape index (κ2) is 12.1. The molecule has 30 heavy (non-hydrogen) atoms. The number of likely N-dealkylation sites (tertiary alicyclic amines) is 1. The van der Waals surface area contributed by atoms with E-state index in [1.807, 2.05) is 12.1 Å². The average Bonchev–Trinajstić information content (AvgIpc) is 3.17. The number of aromatic nitrogens is 2. The number of halogens is 2. The molecule has 1 aliphatic heterocycles. The van der Waals surface area contributed by atoms with Crippen molar-refractivity contribution in [3.8, 4) is 11.4 Å². The largest absolute Gasteiger partial charge is 0.369 e. The van der Waals surface area contributed by atoms with Gasteiger partial charge >= 0.3 is 0 Å². The Balaban J connectivity index is 0.00000320. The molecule has 164 valence electrons. The molecule has 1 amide bonds. The summed E-state index contributed by atoms with van der Waals surface area (Å²) in [6, 6.07) is 7.65. The summed E-state index contributed by atoms with van der Waals surface area (Å²) < 4.78 is 5.32. The van der Waals surface area contributed by atoms with E-state index in [0.717, 1.165) is 37.5 Å². The van der Waals surface area contributed by atoms with Gasteiger partial charge in [0.05, 0.1) is 6.54 Å². The first-order chi connectivity index (χ1) is 14.0. The molecule has 1 fully saturated rings. The highest BCUT2D eigenvalue weighted by molar-refractivity contribution is 14.0. The highest BCUT2D eigenvalue weighted by Gasteiger charge is 2.20. The highest BCUT2D eigenvalue weighted by Crippen LogP contribution is 2.19. The first kappa shape index (κ1) is 24.4. The standard InChI is InChI=1S/C19H26ClN7O2.HI/c1-22-19(24-15-6-9-27(10-7-15)12-16(21)28)23-8-5-17-25-18(26-29-17)13-3-2-4-14(20)11-13;/h2-4,11,15H,5-10,12H2,1H3,(H2,21,28)(H2,22,23,24);1H. The van der Waals surface area contributed by atoms with Crippen LogP contribution >= 0.6 is 35.6 Å². The number of aliphatic imine (C=N–C) groups is 1. The average molecular weight is 548 g/mol. The van der Waals surface area contributed by atoms with Crippen molar-refractivity contribution in [2.75, 3.05) is 33.2 Å². The van der Waals surface area contributed by atoms with Crippen LogP contribution in [0.2, 0.25) is 5.02 Å². The van der Waals surface area contributed by atoms with E-state index in [1.165, 1.54) is 0 Å². The molecule has 0 radical (unpaired) electrons. The molecule has 0 atom stereocenters. The monoisotopic (exact) mass is 547 g/mol. The second-order valence-electron chi connectivity index (χ2n) is 6.93. The number of carbonyl (C=O) groups is 1. The molecule has 2 aromatic rings. The van der Waals surface area contributed by atoms with E-state index in [2.05, 4.69) is 30.7 Å². The number of rotatable bonds is 7. The quantitative estimate of drug-likeness (QED) is 0.274. The Kier molecular flexibility index (Phi) is 9.79. The molecule has 0 unspecified atom stereocenters. The zero-order chi connectivity index (χ0) is 20.6. The number of guanidine groups is 1. The number of piperidine rings is 1. The van der Waals surface area contributed by atoms with E-state index >= 15 is 0 Å². The Morgan fingerprint density at radius 1 is 1.40 bits per heavy atom. The summed E-state index contributed by atoms with van der Waals surface area (Å²) in [7, 11) is 1.74. The number of carbonyl (C=O) groups excluding carboxylic acids is 1. The van der Waals surface area contributed by atoms with Crippen LogP contribution in [0, 0.1) is 0 Å². The minimum Gasteiger partial charge on any atom is -0.369 e. The third-order valence-corrected chi connectivity index (χ3v) is 4.95. The van der Waals surface area contributed by atoms with Gasteiger partial charge in [0.25, 0.3) is 0 Å². The van der Waals surface area contributed by atoms with Crippen LogP contribution < -0.4 is 16.4 Å². The summed E-state index contributed by atoms with van der Waals surface area (Å²) in [5.74, 6) is 1.51. The molecule has 1 aromatic carbocycles. The number of primary amides is 1. The number of nitrogens with two attached hydrogens (primary N) is 1. The lowest BCUT2D eigenvalue weighted by Crippen LogP contribution is -2.50. The number of nitrogens with one attached hydrogen (secondary N) is 2. The predicted molar refractivity (Wildman–Crippen MR) is 127 cm³/mol. The number of benzene rings is 1. The second-order valence-corrected chi connectivity index (χ2v) is 7.37.